The summed E-state index contributed by atoms with van der Waals surface area (Å²) < 4.78 is 10.8. The maximum Gasteiger partial charge on any atom is 0.191 e. The third kappa shape index (κ3) is 12.9. The molecule has 0 fully saturated rings. The minimum absolute atomic E-state index is 0. The molecule has 27 heavy (non-hydrogen) atoms. The molecule has 0 saturated carbocycles. The summed E-state index contributed by atoms with van der Waals surface area (Å²) >= 11 is 0. The molecular formula is C20H37IN4O2. The Kier molecular flexibility index (Phi) is 16.4. The molecule has 156 valence electrons. The van der Waals surface area contributed by atoms with Gasteiger partial charge in [-0.25, -0.2) is 0 Å². The van der Waals surface area contributed by atoms with Gasteiger partial charge in [0.2, 0.25) is 0 Å². The van der Waals surface area contributed by atoms with Crippen LogP contribution in [0.5, 0.6) is 5.75 Å². The number of aliphatic imine (C=N–C) groups is 1. The van der Waals surface area contributed by atoms with Crippen molar-refractivity contribution >= 4 is 29.9 Å². The summed E-state index contributed by atoms with van der Waals surface area (Å²) in [6.07, 6.45) is 3.28. The summed E-state index contributed by atoms with van der Waals surface area (Å²) in [6, 6.07) is 8.21. The molecule has 1 aromatic carbocycles. The lowest BCUT2D eigenvalue weighted by Gasteiger charge is -2.18. The van der Waals surface area contributed by atoms with E-state index in [2.05, 4.69) is 46.6 Å². The van der Waals surface area contributed by atoms with Crippen molar-refractivity contribution in [2.45, 2.75) is 32.7 Å². The molecule has 0 aliphatic heterocycles. The predicted molar refractivity (Wildman–Crippen MR) is 124 cm³/mol. The smallest absolute Gasteiger partial charge is 0.191 e. The monoisotopic (exact) mass is 492 g/mol. The lowest BCUT2D eigenvalue weighted by molar-refractivity contribution is 0.180. The molecule has 0 amide bonds. The fourth-order valence-corrected chi connectivity index (χ4v) is 2.44. The van der Waals surface area contributed by atoms with Crippen LogP contribution in [0.1, 0.15) is 31.7 Å². The van der Waals surface area contributed by atoms with Gasteiger partial charge < -0.3 is 25.0 Å². The van der Waals surface area contributed by atoms with Gasteiger partial charge >= 0.3 is 0 Å². The standard InChI is InChI=1S/C20H36N4O2.HI/c1-5-6-15-26-19-10-7-9-18(16-19)17-23-20(21-2)22-11-13-24(3)12-8-14-25-4;/h7,9-10,16H,5-6,8,11-15,17H2,1-4H3,(H2,21,22,23);1H. The molecule has 0 spiro atoms. The molecule has 2 N–H and O–H groups in total. The quantitative estimate of drug-likeness (QED) is 0.192. The minimum atomic E-state index is 0. The molecule has 0 aliphatic carbocycles. The third-order valence-electron chi connectivity index (χ3n) is 4.02. The molecule has 0 aromatic heterocycles. The molecule has 0 radical (unpaired) electrons. The Balaban J connectivity index is 0.00000676. The van der Waals surface area contributed by atoms with Crippen molar-refractivity contribution in [3.05, 3.63) is 29.8 Å². The molecule has 0 atom stereocenters. The summed E-state index contributed by atoms with van der Waals surface area (Å²) in [5.41, 5.74) is 1.18. The van der Waals surface area contributed by atoms with E-state index in [4.69, 9.17) is 9.47 Å². The number of nitrogens with zero attached hydrogens (tertiary/aromatic N) is 2. The highest BCUT2D eigenvalue weighted by Gasteiger charge is 2.02. The number of benzene rings is 1. The Morgan fingerprint density at radius 3 is 2.67 bits per heavy atom. The van der Waals surface area contributed by atoms with Crippen molar-refractivity contribution in [2.24, 2.45) is 4.99 Å². The third-order valence-corrected chi connectivity index (χ3v) is 4.02. The van der Waals surface area contributed by atoms with Crippen molar-refractivity contribution in [3.63, 3.8) is 0 Å². The number of hydrogen-bond acceptors (Lipinski definition) is 4. The van der Waals surface area contributed by atoms with Crippen molar-refractivity contribution < 1.29 is 9.47 Å². The van der Waals surface area contributed by atoms with Crippen LogP contribution in [-0.2, 0) is 11.3 Å². The Hall–Kier alpha value is -1.06. The highest BCUT2D eigenvalue weighted by Crippen LogP contribution is 2.13. The van der Waals surface area contributed by atoms with Crippen LogP contribution in [0.2, 0.25) is 0 Å². The van der Waals surface area contributed by atoms with Crippen LogP contribution in [0.4, 0.5) is 0 Å². The van der Waals surface area contributed by atoms with Gasteiger partial charge in [-0.05, 0) is 37.6 Å². The molecule has 1 rings (SSSR count). The van der Waals surface area contributed by atoms with Crippen LogP contribution < -0.4 is 15.4 Å². The van der Waals surface area contributed by atoms with E-state index in [9.17, 15) is 0 Å². The molecule has 0 aliphatic rings. The number of guanidine groups is 1. The van der Waals surface area contributed by atoms with Crippen LogP contribution in [-0.4, -0.2) is 64.9 Å². The number of halogens is 1. The minimum Gasteiger partial charge on any atom is -0.494 e. The van der Waals surface area contributed by atoms with Gasteiger partial charge in [-0.2, -0.15) is 0 Å². The number of methoxy groups -OCH3 is 1. The zero-order chi connectivity index (χ0) is 19.0. The SMILES string of the molecule is CCCCOc1cccc(CNC(=NC)NCCN(C)CCCOC)c1.I. The Morgan fingerprint density at radius 1 is 1.15 bits per heavy atom. The molecule has 6 nitrogen and oxygen atoms in total. The number of hydrogen-bond donors (Lipinski definition) is 2. The number of likely N-dealkylation sites (N-methyl/N-ethyl adjacent to an activating group) is 1. The lowest BCUT2D eigenvalue weighted by Crippen LogP contribution is -2.40. The molecule has 7 heteroatoms. The fraction of sp³-hybridized carbons (Fsp3) is 0.650. The van der Waals surface area contributed by atoms with E-state index < -0.39 is 0 Å². The number of unbranched alkanes of at least 4 members (excludes halogenated alkanes) is 1. The van der Waals surface area contributed by atoms with Gasteiger partial charge in [-0.15, -0.1) is 24.0 Å². The van der Waals surface area contributed by atoms with Crippen LogP contribution in [0.3, 0.4) is 0 Å². The first-order valence-corrected chi connectivity index (χ1v) is 9.53. The Labute approximate surface area is 182 Å². The zero-order valence-corrected chi connectivity index (χ0v) is 19.6. The average molecular weight is 492 g/mol. The van der Waals surface area contributed by atoms with Crippen LogP contribution in [0.15, 0.2) is 29.3 Å². The van der Waals surface area contributed by atoms with E-state index in [1.165, 1.54) is 5.56 Å². The van der Waals surface area contributed by atoms with Crippen molar-refractivity contribution in [2.75, 3.05) is 54.1 Å². The van der Waals surface area contributed by atoms with Gasteiger partial charge in [-0.1, -0.05) is 25.5 Å². The van der Waals surface area contributed by atoms with Gasteiger partial charge in [-0.3, -0.25) is 4.99 Å². The first kappa shape index (κ1) is 25.9. The maximum atomic E-state index is 5.76. The Bertz CT molecular complexity index is 515. The molecule has 0 unspecified atom stereocenters. The van der Waals surface area contributed by atoms with Gasteiger partial charge in [0, 0.05) is 46.9 Å². The second-order valence-electron chi connectivity index (χ2n) is 6.35. The number of ether oxygens (including phenoxy) is 2. The molecular weight excluding hydrogens is 455 g/mol. The molecule has 0 heterocycles. The number of nitrogens with one attached hydrogen (secondary N) is 2. The van der Waals surface area contributed by atoms with Crippen LogP contribution >= 0.6 is 24.0 Å². The highest BCUT2D eigenvalue weighted by molar-refractivity contribution is 14.0. The summed E-state index contributed by atoms with van der Waals surface area (Å²) in [4.78, 5) is 6.57. The zero-order valence-electron chi connectivity index (χ0n) is 17.3. The van der Waals surface area contributed by atoms with Gasteiger partial charge in [0.05, 0.1) is 6.61 Å². The summed E-state index contributed by atoms with van der Waals surface area (Å²) in [7, 11) is 5.66. The topological polar surface area (TPSA) is 58.1 Å². The number of rotatable bonds is 13. The maximum absolute atomic E-state index is 5.76. The first-order chi connectivity index (χ1) is 12.7. The molecule has 0 saturated heterocycles. The van der Waals surface area contributed by atoms with Gasteiger partial charge in [0.25, 0.3) is 0 Å². The van der Waals surface area contributed by atoms with Gasteiger partial charge in [0.15, 0.2) is 5.96 Å². The lowest BCUT2D eigenvalue weighted by atomic mass is 10.2. The Morgan fingerprint density at radius 2 is 1.96 bits per heavy atom. The van der Waals surface area contributed by atoms with Crippen molar-refractivity contribution in [1.29, 1.82) is 0 Å². The summed E-state index contributed by atoms with van der Waals surface area (Å²) in [5, 5.41) is 6.70. The van der Waals surface area contributed by atoms with E-state index in [1.54, 1.807) is 14.2 Å². The van der Waals surface area contributed by atoms with Crippen molar-refractivity contribution in [1.82, 2.24) is 15.5 Å². The average Bonchev–Trinajstić information content (AvgIpc) is 2.65. The van der Waals surface area contributed by atoms with E-state index in [0.717, 1.165) is 63.8 Å². The van der Waals surface area contributed by atoms with Crippen molar-refractivity contribution in [3.8, 4) is 5.75 Å². The van der Waals surface area contributed by atoms with Gasteiger partial charge in [0.1, 0.15) is 5.75 Å². The summed E-state index contributed by atoms with van der Waals surface area (Å²) in [6.45, 7) is 7.31. The first-order valence-electron chi connectivity index (χ1n) is 9.53. The molecule has 0 bridgehead atoms. The highest BCUT2D eigenvalue weighted by atomic mass is 127. The van der Waals surface area contributed by atoms with E-state index >= 15 is 0 Å². The predicted octanol–water partition coefficient (Wildman–Crippen LogP) is 3.12. The fourth-order valence-electron chi connectivity index (χ4n) is 2.44. The van der Waals surface area contributed by atoms with Crippen LogP contribution in [0.25, 0.3) is 0 Å². The van der Waals surface area contributed by atoms with E-state index in [-0.39, 0.29) is 24.0 Å². The normalized spacial score (nSPS) is 11.2. The van der Waals surface area contributed by atoms with E-state index in [1.807, 2.05) is 12.1 Å². The summed E-state index contributed by atoms with van der Waals surface area (Å²) in [5.74, 6) is 1.74. The largest absolute Gasteiger partial charge is 0.494 e. The second-order valence-corrected chi connectivity index (χ2v) is 6.35. The van der Waals surface area contributed by atoms with Crippen LogP contribution in [0, 0.1) is 0 Å². The van der Waals surface area contributed by atoms with E-state index in [0.29, 0.717) is 6.54 Å². The molecule has 1 aromatic rings. The second kappa shape index (κ2) is 17.1.